The maximum atomic E-state index is 12.7. The van der Waals surface area contributed by atoms with Gasteiger partial charge in [-0.25, -0.2) is 13.4 Å². The number of carbonyl (C=O) groups excluding carboxylic acids is 1. The molecule has 140 valence electrons. The number of thioether (sulfide) groups is 1. The Kier molecular flexibility index (Phi) is 7.71. The van der Waals surface area contributed by atoms with E-state index in [1.54, 1.807) is 16.4 Å². The lowest BCUT2D eigenvalue weighted by atomic mass is 10.2. The standard InChI is InChI=1S/C17H27N3O3S2/c1-3-14(2)19-16(21)13-24-17-9-8-15(12-18-17)25(22,23)20-10-6-4-5-7-11-20/h8-9,12,14H,3-7,10-11,13H2,1-2H3,(H,19,21)/t14-/m1/s1. The van der Waals surface area contributed by atoms with Crippen molar-refractivity contribution in [3.63, 3.8) is 0 Å². The second-order valence-electron chi connectivity index (χ2n) is 6.32. The highest BCUT2D eigenvalue weighted by Gasteiger charge is 2.25. The van der Waals surface area contributed by atoms with E-state index in [0.717, 1.165) is 32.1 Å². The molecule has 1 atom stereocenters. The van der Waals surface area contributed by atoms with Crippen LogP contribution in [0.15, 0.2) is 28.3 Å². The summed E-state index contributed by atoms with van der Waals surface area (Å²) < 4.78 is 26.9. The van der Waals surface area contributed by atoms with Crippen molar-refractivity contribution in [1.29, 1.82) is 0 Å². The summed E-state index contributed by atoms with van der Waals surface area (Å²) in [6.45, 7) is 5.13. The van der Waals surface area contributed by atoms with Gasteiger partial charge in [0, 0.05) is 25.3 Å². The number of amides is 1. The van der Waals surface area contributed by atoms with Crippen molar-refractivity contribution < 1.29 is 13.2 Å². The summed E-state index contributed by atoms with van der Waals surface area (Å²) in [4.78, 5) is 16.2. The lowest BCUT2D eigenvalue weighted by Crippen LogP contribution is -2.33. The Morgan fingerprint density at radius 3 is 2.52 bits per heavy atom. The highest BCUT2D eigenvalue weighted by molar-refractivity contribution is 7.99. The molecule has 1 aliphatic heterocycles. The minimum atomic E-state index is -3.47. The number of nitrogens with zero attached hydrogens (tertiary/aromatic N) is 2. The SMILES string of the molecule is CC[C@@H](C)NC(=O)CSc1ccc(S(=O)(=O)N2CCCCCC2)cn1. The zero-order valence-corrected chi connectivity index (χ0v) is 16.5. The van der Waals surface area contributed by atoms with E-state index in [-0.39, 0.29) is 22.6 Å². The largest absolute Gasteiger partial charge is 0.353 e. The minimum absolute atomic E-state index is 0.0394. The molecule has 0 saturated carbocycles. The van der Waals surface area contributed by atoms with Crippen molar-refractivity contribution in [1.82, 2.24) is 14.6 Å². The molecule has 0 spiro atoms. The molecule has 6 nitrogen and oxygen atoms in total. The number of hydrogen-bond acceptors (Lipinski definition) is 5. The highest BCUT2D eigenvalue weighted by atomic mass is 32.2. The van der Waals surface area contributed by atoms with Crippen LogP contribution >= 0.6 is 11.8 Å². The first-order valence-electron chi connectivity index (χ1n) is 8.82. The van der Waals surface area contributed by atoms with E-state index in [1.807, 2.05) is 13.8 Å². The fourth-order valence-corrected chi connectivity index (χ4v) is 4.71. The predicted molar refractivity (Wildman–Crippen MR) is 100 cm³/mol. The van der Waals surface area contributed by atoms with Gasteiger partial charge in [-0.1, -0.05) is 31.5 Å². The van der Waals surface area contributed by atoms with Crippen LogP contribution in [0.4, 0.5) is 0 Å². The Labute approximate surface area is 154 Å². The molecule has 8 heteroatoms. The fraction of sp³-hybridized carbons (Fsp3) is 0.647. The molecular weight excluding hydrogens is 358 g/mol. The molecule has 2 heterocycles. The molecule has 0 bridgehead atoms. The third-order valence-corrected chi connectivity index (χ3v) is 7.11. The number of carbonyl (C=O) groups is 1. The molecule has 1 saturated heterocycles. The molecule has 1 amide bonds. The maximum Gasteiger partial charge on any atom is 0.244 e. The third-order valence-electron chi connectivity index (χ3n) is 4.28. The van der Waals surface area contributed by atoms with Crippen molar-refractivity contribution in [3.05, 3.63) is 18.3 Å². The van der Waals surface area contributed by atoms with E-state index in [0.29, 0.717) is 18.1 Å². The summed E-state index contributed by atoms with van der Waals surface area (Å²) in [7, 11) is -3.47. The van der Waals surface area contributed by atoms with Gasteiger partial charge in [0.1, 0.15) is 4.90 Å². The smallest absolute Gasteiger partial charge is 0.244 e. The average Bonchev–Trinajstić information content (AvgIpc) is 2.90. The number of nitrogens with one attached hydrogen (secondary N) is 1. The van der Waals surface area contributed by atoms with Gasteiger partial charge in [0.05, 0.1) is 10.8 Å². The molecule has 1 aromatic rings. The van der Waals surface area contributed by atoms with Gasteiger partial charge in [-0.05, 0) is 38.3 Å². The molecule has 0 aliphatic carbocycles. The molecule has 1 aliphatic rings. The van der Waals surface area contributed by atoms with Crippen molar-refractivity contribution >= 4 is 27.7 Å². The summed E-state index contributed by atoms with van der Waals surface area (Å²) in [6.07, 6.45) is 6.27. The van der Waals surface area contributed by atoms with Crippen LogP contribution in [0.3, 0.4) is 0 Å². The normalized spacial score (nSPS) is 17.7. The molecule has 1 aromatic heterocycles. The van der Waals surface area contributed by atoms with E-state index < -0.39 is 10.0 Å². The number of rotatable bonds is 7. The van der Waals surface area contributed by atoms with E-state index >= 15 is 0 Å². The van der Waals surface area contributed by atoms with Crippen LogP contribution in [0.25, 0.3) is 0 Å². The van der Waals surface area contributed by atoms with Crippen molar-refractivity contribution in [2.75, 3.05) is 18.8 Å². The number of hydrogen-bond donors (Lipinski definition) is 1. The van der Waals surface area contributed by atoms with Crippen molar-refractivity contribution in [3.8, 4) is 0 Å². The first-order chi connectivity index (χ1) is 11.9. The molecular formula is C17H27N3O3S2. The van der Waals surface area contributed by atoms with Crippen molar-refractivity contribution in [2.24, 2.45) is 0 Å². The number of pyridine rings is 1. The molecule has 1 fully saturated rings. The maximum absolute atomic E-state index is 12.7. The van der Waals surface area contributed by atoms with Gasteiger partial charge in [0.2, 0.25) is 15.9 Å². The monoisotopic (exact) mass is 385 g/mol. The van der Waals surface area contributed by atoms with Gasteiger partial charge >= 0.3 is 0 Å². The van der Waals surface area contributed by atoms with Crippen LogP contribution in [-0.2, 0) is 14.8 Å². The highest BCUT2D eigenvalue weighted by Crippen LogP contribution is 2.22. The predicted octanol–water partition coefficient (Wildman–Crippen LogP) is 2.65. The fourth-order valence-electron chi connectivity index (χ4n) is 2.59. The zero-order chi connectivity index (χ0) is 18.3. The Morgan fingerprint density at radius 2 is 1.96 bits per heavy atom. The van der Waals surface area contributed by atoms with Gasteiger partial charge < -0.3 is 5.32 Å². The summed E-state index contributed by atoms with van der Waals surface area (Å²) in [6, 6.07) is 3.41. The van der Waals surface area contributed by atoms with Gasteiger partial charge in [-0.15, -0.1) is 0 Å². The van der Waals surface area contributed by atoms with Crippen LogP contribution in [0.2, 0.25) is 0 Å². The quantitative estimate of drug-likeness (QED) is 0.730. The number of aromatic nitrogens is 1. The van der Waals surface area contributed by atoms with Crippen LogP contribution in [-0.4, -0.2) is 48.5 Å². The van der Waals surface area contributed by atoms with Gasteiger partial charge in [0.25, 0.3) is 0 Å². The van der Waals surface area contributed by atoms with Crippen molar-refractivity contribution in [2.45, 2.75) is 61.9 Å². The molecule has 2 rings (SSSR count). The summed E-state index contributed by atoms with van der Waals surface area (Å²) >= 11 is 1.31. The molecule has 0 radical (unpaired) electrons. The Balaban J connectivity index is 1.95. The van der Waals surface area contributed by atoms with Crippen LogP contribution in [0, 0.1) is 0 Å². The van der Waals surface area contributed by atoms with Gasteiger partial charge in [-0.3, -0.25) is 4.79 Å². The minimum Gasteiger partial charge on any atom is -0.353 e. The lowest BCUT2D eigenvalue weighted by molar-refractivity contribution is -0.119. The van der Waals surface area contributed by atoms with Crippen LogP contribution in [0.1, 0.15) is 46.0 Å². The second-order valence-corrected chi connectivity index (χ2v) is 9.25. The second kappa shape index (κ2) is 9.54. The molecule has 0 aromatic carbocycles. The molecule has 25 heavy (non-hydrogen) atoms. The third kappa shape index (κ3) is 5.97. The summed E-state index contributed by atoms with van der Waals surface area (Å²) in [5.41, 5.74) is 0. The van der Waals surface area contributed by atoms with E-state index in [9.17, 15) is 13.2 Å². The summed E-state index contributed by atoms with van der Waals surface area (Å²) in [5.74, 6) is 0.234. The summed E-state index contributed by atoms with van der Waals surface area (Å²) in [5, 5.41) is 3.54. The number of sulfonamides is 1. The molecule has 1 N–H and O–H groups in total. The van der Waals surface area contributed by atoms with E-state index in [2.05, 4.69) is 10.3 Å². The first kappa shape index (κ1) is 20.2. The van der Waals surface area contributed by atoms with Crippen LogP contribution < -0.4 is 5.32 Å². The zero-order valence-electron chi connectivity index (χ0n) is 14.9. The average molecular weight is 386 g/mol. The Bertz CT molecular complexity index is 654. The van der Waals surface area contributed by atoms with E-state index in [4.69, 9.17) is 0 Å². The topological polar surface area (TPSA) is 79.4 Å². The Hall–Kier alpha value is -1.12. The van der Waals surface area contributed by atoms with Crippen LogP contribution in [0.5, 0.6) is 0 Å². The molecule has 0 unspecified atom stereocenters. The Morgan fingerprint density at radius 1 is 1.28 bits per heavy atom. The van der Waals surface area contributed by atoms with E-state index in [1.165, 1.54) is 18.0 Å². The first-order valence-corrected chi connectivity index (χ1v) is 11.2. The lowest BCUT2D eigenvalue weighted by Gasteiger charge is -2.19. The van der Waals surface area contributed by atoms with Gasteiger partial charge in [0.15, 0.2) is 0 Å². The van der Waals surface area contributed by atoms with Gasteiger partial charge in [-0.2, -0.15) is 4.31 Å².